The Morgan fingerprint density at radius 1 is 1.25 bits per heavy atom. The van der Waals surface area contributed by atoms with Crippen molar-refractivity contribution in [3.05, 3.63) is 23.7 Å². The maximum atomic E-state index is 12.1. The quantitative estimate of drug-likeness (QED) is 0.765. The van der Waals surface area contributed by atoms with E-state index in [1.165, 1.54) is 32.1 Å². The van der Waals surface area contributed by atoms with Gasteiger partial charge in [-0.05, 0) is 30.9 Å². The Kier molecular flexibility index (Phi) is 6.36. The first-order valence-corrected chi connectivity index (χ1v) is 8.41. The first kappa shape index (κ1) is 15.8. The van der Waals surface area contributed by atoms with Gasteiger partial charge in [-0.15, -0.1) is 0 Å². The molecule has 1 fully saturated rings. The molecule has 2 atom stereocenters. The molecule has 0 aromatic carbocycles. The minimum Gasteiger partial charge on any atom is -0.464 e. The summed E-state index contributed by atoms with van der Waals surface area (Å²) in [6.45, 7) is 2.99. The van der Waals surface area contributed by atoms with Gasteiger partial charge in [0.1, 0.15) is 11.5 Å². The molecule has 0 saturated heterocycles. The van der Waals surface area contributed by atoms with Gasteiger partial charge in [-0.1, -0.05) is 37.9 Å². The molecule has 0 spiro atoms. The van der Waals surface area contributed by atoms with Crippen molar-refractivity contribution < 1.29 is 13.2 Å². The Morgan fingerprint density at radius 2 is 2.00 bits per heavy atom. The number of thioether (sulfide) groups is 1. The summed E-state index contributed by atoms with van der Waals surface area (Å²) in [6.07, 6.45) is 6.45. The number of hydrogen-bond acceptors (Lipinski definition) is 3. The number of alkyl halides is 2. The molecule has 1 saturated carbocycles. The van der Waals surface area contributed by atoms with Gasteiger partial charge in [0.25, 0.3) is 5.76 Å². The third-order valence-corrected chi connectivity index (χ3v) is 4.67. The number of halogens is 2. The van der Waals surface area contributed by atoms with Gasteiger partial charge in [0.2, 0.25) is 0 Å². The van der Waals surface area contributed by atoms with Crippen LogP contribution in [0.15, 0.2) is 16.5 Å². The standard InChI is InChI=1S/C15H23F2NOS/c1-11-5-3-2-4-6-14(11)18-9-12-7-8-13(19-12)10-20-15(16)17/h7-8,11,14-15,18H,2-6,9-10H2,1H3. The minimum atomic E-state index is -2.34. The zero-order chi connectivity index (χ0) is 14.4. The number of rotatable bonds is 6. The van der Waals surface area contributed by atoms with E-state index >= 15 is 0 Å². The van der Waals surface area contributed by atoms with E-state index in [4.69, 9.17) is 4.42 Å². The molecule has 1 aromatic rings. The van der Waals surface area contributed by atoms with Crippen molar-refractivity contribution in [3.63, 3.8) is 0 Å². The molecular weight excluding hydrogens is 280 g/mol. The van der Waals surface area contributed by atoms with Crippen molar-refractivity contribution in [2.24, 2.45) is 5.92 Å². The molecule has 2 rings (SSSR count). The van der Waals surface area contributed by atoms with Gasteiger partial charge in [-0.25, -0.2) is 0 Å². The summed E-state index contributed by atoms with van der Waals surface area (Å²) in [7, 11) is 0. The maximum absolute atomic E-state index is 12.1. The molecule has 1 aliphatic rings. The van der Waals surface area contributed by atoms with Crippen molar-refractivity contribution >= 4 is 11.8 Å². The van der Waals surface area contributed by atoms with Crippen LogP contribution in [0.4, 0.5) is 8.78 Å². The fraction of sp³-hybridized carbons (Fsp3) is 0.733. The summed E-state index contributed by atoms with van der Waals surface area (Å²) in [5.74, 6) is 0.0551. The molecule has 114 valence electrons. The van der Waals surface area contributed by atoms with Crippen LogP contribution in [-0.4, -0.2) is 11.8 Å². The van der Waals surface area contributed by atoms with E-state index in [-0.39, 0.29) is 5.75 Å². The van der Waals surface area contributed by atoms with Gasteiger partial charge < -0.3 is 9.73 Å². The normalized spacial score (nSPS) is 24.0. The number of nitrogens with one attached hydrogen (secondary N) is 1. The van der Waals surface area contributed by atoms with Gasteiger partial charge >= 0.3 is 0 Å². The third-order valence-electron chi connectivity index (χ3n) is 3.97. The first-order valence-electron chi connectivity index (χ1n) is 7.36. The third kappa shape index (κ3) is 5.09. The lowest BCUT2D eigenvalue weighted by molar-refractivity contribution is 0.251. The molecule has 5 heteroatoms. The molecular formula is C15H23F2NOS. The summed E-state index contributed by atoms with van der Waals surface area (Å²) in [4.78, 5) is 0. The lowest BCUT2D eigenvalue weighted by Gasteiger charge is -2.22. The van der Waals surface area contributed by atoms with Crippen molar-refractivity contribution in [2.45, 2.75) is 63.1 Å². The van der Waals surface area contributed by atoms with Gasteiger partial charge in [-0.2, -0.15) is 8.78 Å². The monoisotopic (exact) mass is 303 g/mol. The molecule has 1 N–H and O–H groups in total. The minimum absolute atomic E-state index is 0.234. The van der Waals surface area contributed by atoms with E-state index in [1.54, 1.807) is 6.07 Å². The highest BCUT2D eigenvalue weighted by molar-refractivity contribution is 7.98. The lowest BCUT2D eigenvalue weighted by atomic mass is 9.97. The topological polar surface area (TPSA) is 25.2 Å². The van der Waals surface area contributed by atoms with Crippen LogP contribution in [0.1, 0.15) is 50.5 Å². The van der Waals surface area contributed by atoms with E-state index in [0.717, 1.165) is 5.76 Å². The number of hydrogen-bond donors (Lipinski definition) is 1. The largest absolute Gasteiger partial charge is 0.464 e. The molecule has 2 unspecified atom stereocenters. The Labute approximate surface area is 123 Å². The van der Waals surface area contributed by atoms with Crippen molar-refractivity contribution in [2.75, 3.05) is 0 Å². The summed E-state index contributed by atoms with van der Waals surface area (Å²) in [6, 6.07) is 4.22. The molecule has 1 aliphatic carbocycles. The SMILES string of the molecule is CC1CCCCCC1NCc1ccc(CSC(F)F)o1. The van der Waals surface area contributed by atoms with Crippen LogP contribution >= 0.6 is 11.8 Å². The summed E-state index contributed by atoms with van der Waals surface area (Å²) in [5, 5.41) is 3.56. The second-order valence-corrected chi connectivity index (χ2v) is 6.52. The van der Waals surface area contributed by atoms with E-state index in [9.17, 15) is 8.78 Å². The van der Waals surface area contributed by atoms with E-state index < -0.39 is 5.76 Å². The Bertz CT molecular complexity index is 397. The zero-order valence-electron chi connectivity index (χ0n) is 11.9. The van der Waals surface area contributed by atoms with Crippen molar-refractivity contribution in [3.8, 4) is 0 Å². The van der Waals surface area contributed by atoms with E-state index in [1.807, 2.05) is 6.07 Å². The van der Waals surface area contributed by atoms with Crippen LogP contribution in [-0.2, 0) is 12.3 Å². The average molecular weight is 303 g/mol. The van der Waals surface area contributed by atoms with Crippen molar-refractivity contribution in [1.82, 2.24) is 5.32 Å². The zero-order valence-corrected chi connectivity index (χ0v) is 12.7. The molecule has 0 radical (unpaired) electrons. The first-order chi connectivity index (χ1) is 9.65. The lowest BCUT2D eigenvalue weighted by Crippen LogP contribution is -2.33. The molecule has 0 aliphatic heterocycles. The highest BCUT2D eigenvalue weighted by Gasteiger charge is 2.19. The second kappa shape index (κ2) is 8.03. The molecule has 0 amide bonds. The smallest absolute Gasteiger partial charge is 0.284 e. The molecule has 1 heterocycles. The highest BCUT2D eigenvalue weighted by atomic mass is 32.2. The molecule has 20 heavy (non-hydrogen) atoms. The second-order valence-electron chi connectivity index (χ2n) is 5.54. The van der Waals surface area contributed by atoms with Gasteiger partial charge in [0.15, 0.2) is 0 Å². The van der Waals surface area contributed by atoms with Crippen molar-refractivity contribution in [1.29, 1.82) is 0 Å². The number of furan rings is 1. The predicted octanol–water partition coefficient (Wildman–Crippen LogP) is 4.79. The van der Waals surface area contributed by atoms with Crippen LogP contribution in [0.3, 0.4) is 0 Å². The summed E-state index contributed by atoms with van der Waals surface area (Å²) < 4.78 is 29.8. The Balaban J connectivity index is 1.78. The Hall–Kier alpha value is -0.550. The van der Waals surface area contributed by atoms with Crippen LogP contribution in [0.25, 0.3) is 0 Å². The average Bonchev–Trinajstić information content (AvgIpc) is 2.77. The summed E-state index contributed by atoms with van der Waals surface area (Å²) >= 11 is 0.599. The predicted molar refractivity (Wildman–Crippen MR) is 78.9 cm³/mol. The highest BCUT2D eigenvalue weighted by Crippen LogP contribution is 2.24. The summed E-state index contributed by atoms with van der Waals surface area (Å²) in [5.41, 5.74) is 0. The fourth-order valence-electron chi connectivity index (χ4n) is 2.77. The van der Waals surface area contributed by atoms with Gasteiger partial charge in [0.05, 0.1) is 12.3 Å². The van der Waals surface area contributed by atoms with Gasteiger partial charge in [0, 0.05) is 6.04 Å². The fourth-order valence-corrected chi connectivity index (χ4v) is 3.21. The molecule has 2 nitrogen and oxygen atoms in total. The van der Waals surface area contributed by atoms with E-state index in [2.05, 4.69) is 12.2 Å². The van der Waals surface area contributed by atoms with E-state index in [0.29, 0.717) is 36.0 Å². The van der Waals surface area contributed by atoms with Crippen LogP contribution in [0, 0.1) is 5.92 Å². The molecule has 1 aromatic heterocycles. The van der Waals surface area contributed by atoms with Gasteiger partial charge in [-0.3, -0.25) is 0 Å². The maximum Gasteiger partial charge on any atom is 0.284 e. The molecule has 0 bridgehead atoms. The van der Waals surface area contributed by atoms with Crippen LogP contribution < -0.4 is 5.32 Å². The van der Waals surface area contributed by atoms with Crippen LogP contribution in [0.5, 0.6) is 0 Å². The van der Waals surface area contributed by atoms with Crippen LogP contribution in [0.2, 0.25) is 0 Å². The Morgan fingerprint density at radius 3 is 2.80 bits per heavy atom.